The number of aromatic nitrogens is 4. The van der Waals surface area contributed by atoms with Gasteiger partial charge < -0.3 is 5.32 Å². The van der Waals surface area contributed by atoms with Gasteiger partial charge in [-0.2, -0.15) is 4.80 Å². The zero-order chi connectivity index (χ0) is 21.1. The molecule has 7 heteroatoms. The number of carbonyl (C=O) groups excluding carboxylic acids is 2. The molecule has 0 aliphatic heterocycles. The highest BCUT2D eigenvalue weighted by atomic mass is 16.2. The molecule has 1 saturated carbocycles. The third-order valence-electron chi connectivity index (χ3n) is 5.68. The number of nitrogens with one attached hydrogen (secondary N) is 1. The number of rotatable bonds is 6. The average molecular weight is 403 g/mol. The Morgan fingerprint density at radius 1 is 1.23 bits per heavy atom. The zero-order valence-electron chi connectivity index (χ0n) is 17.2. The molecule has 1 fully saturated rings. The lowest BCUT2D eigenvalue weighted by Crippen LogP contribution is -2.19. The summed E-state index contributed by atoms with van der Waals surface area (Å²) >= 11 is 0. The van der Waals surface area contributed by atoms with Crippen molar-refractivity contribution in [2.75, 3.05) is 5.32 Å². The number of carbonyl (C=O) groups is 2. The van der Waals surface area contributed by atoms with Crippen LogP contribution in [0.25, 0.3) is 11.4 Å². The van der Waals surface area contributed by atoms with E-state index in [1.54, 1.807) is 7.05 Å². The average Bonchev–Trinajstić information content (AvgIpc) is 3.36. The summed E-state index contributed by atoms with van der Waals surface area (Å²) in [6.45, 7) is 1.89. The van der Waals surface area contributed by atoms with Crippen LogP contribution in [0, 0.1) is 5.92 Å². The number of amides is 1. The molecule has 1 aliphatic carbocycles. The molecule has 0 radical (unpaired) electrons. The molecule has 7 nitrogen and oxygen atoms in total. The Morgan fingerprint density at radius 3 is 2.70 bits per heavy atom. The molecular weight excluding hydrogens is 378 g/mol. The number of anilines is 1. The summed E-state index contributed by atoms with van der Waals surface area (Å²) in [6.07, 6.45) is 3.51. The molecule has 1 aliphatic rings. The van der Waals surface area contributed by atoms with E-state index in [0.29, 0.717) is 23.7 Å². The molecule has 1 heterocycles. The van der Waals surface area contributed by atoms with Crippen LogP contribution in [0.5, 0.6) is 0 Å². The minimum atomic E-state index is -0.300. The van der Waals surface area contributed by atoms with E-state index in [1.807, 2.05) is 55.5 Å². The van der Waals surface area contributed by atoms with Crippen LogP contribution in [0.3, 0.4) is 0 Å². The molecule has 30 heavy (non-hydrogen) atoms. The quantitative estimate of drug-likeness (QED) is 0.680. The maximum Gasteiger partial charge on any atom is 0.231 e. The van der Waals surface area contributed by atoms with Gasteiger partial charge in [-0.15, -0.1) is 10.2 Å². The Balaban J connectivity index is 1.40. The van der Waals surface area contributed by atoms with Crippen molar-refractivity contribution in [3.8, 4) is 11.4 Å². The third kappa shape index (κ3) is 4.45. The lowest BCUT2D eigenvalue weighted by Gasteiger charge is -2.14. The van der Waals surface area contributed by atoms with E-state index in [-0.39, 0.29) is 17.7 Å². The Hall–Kier alpha value is -3.35. The van der Waals surface area contributed by atoms with Gasteiger partial charge in [-0.25, -0.2) is 0 Å². The third-order valence-corrected chi connectivity index (χ3v) is 5.68. The van der Waals surface area contributed by atoms with Crippen molar-refractivity contribution in [2.24, 2.45) is 13.0 Å². The summed E-state index contributed by atoms with van der Waals surface area (Å²) in [5, 5.41) is 15.0. The Bertz CT molecular complexity index is 1060. The number of nitrogens with zero attached hydrogens (tertiary/aromatic N) is 4. The second-order valence-electron chi connectivity index (χ2n) is 7.90. The summed E-state index contributed by atoms with van der Waals surface area (Å²) in [5.74, 6) is 0.666. The lowest BCUT2D eigenvalue weighted by atomic mass is 9.94. The molecule has 1 N–H and O–H groups in total. The van der Waals surface area contributed by atoms with E-state index >= 15 is 0 Å². The van der Waals surface area contributed by atoms with Gasteiger partial charge in [0.25, 0.3) is 0 Å². The van der Waals surface area contributed by atoms with Crippen LogP contribution < -0.4 is 5.32 Å². The van der Waals surface area contributed by atoms with Crippen LogP contribution in [0.2, 0.25) is 0 Å². The number of hydrogen-bond acceptors (Lipinski definition) is 5. The van der Waals surface area contributed by atoms with Crippen molar-refractivity contribution in [2.45, 2.75) is 38.5 Å². The van der Waals surface area contributed by atoms with Gasteiger partial charge in [0, 0.05) is 23.6 Å². The molecule has 2 aromatic carbocycles. The highest BCUT2D eigenvalue weighted by Gasteiger charge is 2.24. The Morgan fingerprint density at radius 2 is 2.03 bits per heavy atom. The standard InChI is InChI=1S/C23H25N5O2/c1-15(17-11-9-16(10-12-17)13-18-5-4-8-21(18)29)23(30)24-20-7-3-6-19(14-20)22-25-27-28(2)26-22/h3,6-7,9-12,14-15,18H,4-5,8,13H2,1-2H3,(H,24,30). The van der Waals surface area contributed by atoms with Crippen LogP contribution in [0.1, 0.15) is 43.2 Å². The molecule has 2 unspecified atom stereocenters. The summed E-state index contributed by atoms with van der Waals surface area (Å²) in [4.78, 5) is 26.0. The van der Waals surface area contributed by atoms with Crippen molar-refractivity contribution in [3.63, 3.8) is 0 Å². The minimum absolute atomic E-state index is 0.0852. The van der Waals surface area contributed by atoms with E-state index in [9.17, 15) is 9.59 Å². The highest BCUT2D eigenvalue weighted by molar-refractivity contribution is 5.96. The number of tetrazole rings is 1. The second-order valence-corrected chi connectivity index (χ2v) is 7.90. The molecule has 0 spiro atoms. The van der Waals surface area contributed by atoms with Crippen LogP contribution in [0.4, 0.5) is 5.69 Å². The van der Waals surface area contributed by atoms with Crippen molar-refractivity contribution >= 4 is 17.4 Å². The number of ketones is 1. The summed E-state index contributed by atoms with van der Waals surface area (Å²) in [6, 6.07) is 15.4. The number of aryl methyl sites for hydroxylation is 1. The van der Waals surface area contributed by atoms with Crippen molar-refractivity contribution in [3.05, 3.63) is 59.7 Å². The van der Waals surface area contributed by atoms with Gasteiger partial charge in [-0.1, -0.05) is 36.4 Å². The Kier molecular flexibility index (Phi) is 5.70. The molecule has 3 aromatic rings. The number of Topliss-reactive ketones (excluding diaryl/α,β-unsaturated/α-hetero) is 1. The van der Waals surface area contributed by atoms with E-state index in [0.717, 1.165) is 36.0 Å². The normalized spacial score (nSPS) is 17.1. The van der Waals surface area contributed by atoms with Gasteiger partial charge in [-0.3, -0.25) is 9.59 Å². The maximum absolute atomic E-state index is 12.8. The molecule has 1 amide bonds. The molecule has 2 atom stereocenters. The fourth-order valence-electron chi connectivity index (χ4n) is 3.87. The fourth-order valence-corrected chi connectivity index (χ4v) is 3.87. The van der Waals surface area contributed by atoms with E-state index in [2.05, 4.69) is 20.7 Å². The molecule has 4 rings (SSSR count). The van der Waals surface area contributed by atoms with Crippen LogP contribution >= 0.6 is 0 Å². The summed E-state index contributed by atoms with van der Waals surface area (Å²) in [7, 11) is 1.71. The van der Waals surface area contributed by atoms with E-state index < -0.39 is 0 Å². The van der Waals surface area contributed by atoms with E-state index in [4.69, 9.17) is 0 Å². The predicted molar refractivity (Wildman–Crippen MR) is 114 cm³/mol. The van der Waals surface area contributed by atoms with Crippen molar-refractivity contribution in [1.82, 2.24) is 20.2 Å². The van der Waals surface area contributed by atoms with Crippen LogP contribution in [-0.2, 0) is 23.1 Å². The maximum atomic E-state index is 12.8. The smallest absolute Gasteiger partial charge is 0.231 e. The first-order valence-electron chi connectivity index (χ1n) is 10.3. The first-order valence-corrected chi connectivity index (χ1v) is 10.3. The van der Waals surface area contributed by atoms with Gasteiger partial charge in [0.15, 0.2) is 0 Å². The SMILES string of the molecule is CC(C(=O)Nc1cccc(-c2nnn(C)n2)c1)c1ccc(CC2CCCC2=O)cc1. The molecule has 0 saturated heterocycles. The number of benzene rings is 2. The lowest BCUT2D eigenvalue weighted by molar-refractivity contribution is -0.120. The van der Waals surface area contributed by atoms with Gasteiger partial charge in [0.05, 0.1) is 13.0 Å². The van der Waals surface area contributed by atoms with Gasteiger partial charge >= 0.3 is 0 Å². The topological polar surface area (TPSA) is 89.8 Å². The first-order chi connectivity index (χ1) is 14.5. The van der Waals surface area contributed by atoms with Gasteiger partial charge in [0.1, 0.15) is 5.78 Å². The Labute approximate surface area is 175 Å². The largest absolute Gasteiger partial charge is 0.326 e. The molecule has 0 bridgehead atoms. The highest BCUT2D eigenvalue weighted by Crippen LogP contribution is 2.26. The molecule has 154 valence electrons. The second kappa shape index (κ2) is 8.57. The summed E-state index contributed by atoms with van der Waals surface area (Å²) < 4.78 is 0. The van der Waals surface area contributed by atoms with Crippen molar-refractivity contribution in [1.29, 1.82) is 0 Å². The molecule has 1 aromatic heterocycles. The monoisotopic (exact) mass is 403 g/mol. The predicted octanol–water partition coefficient (Wildman–Crippen LogP) is 3.53. The summed E-state index contributed by atoms with van der Waals surface area (Å²) in [5.41, 5.74) is 3.57. The number of hydrogen-bond donors (Lipinski definition) is 1. The van der Waals surface area contributed by atoms with Crippen molar-refractivity contribution < 1.29 is 9.59 Å². The van der Waals surface area contributed by atoms with Crippen LogP contribution in [0.15, 0.2) is 48.5 Å². The zero-order valence-corrected chi connectivity index (χ0v) is 17.2. The fraction of sp³-hybridized carbons (Fsp3) is 0.348. The van der Waals surface area contributed by atoms with Gasteiger partial charge in [0.2, 0.25) is 11.7 Å². The van der Waals surface area contributed by atoms with Crippen LogP contribution in [-0.4, -0.2) is 31.9 Å². The molecular formula is C23H25N5O2. The van der Waals surface area contributed by atoms with E-state index in [1.165, 1.54) is 4.80 Å². The minimum Gasteiger partial charge on any atom is -0.326 e. The first kappa shape index (κ1) is 19.9. The van der Waals surface area contributed by atoms with Gasteiger partial charge in [-0.05, 0) is 54.7 Å².